The normalized spacial score (nSPS) is 12.7. The van der Waals surface area contributed by atoms with Gasteiger partial charge in [0.2, 0.25) is 0 Å². The fourth-order valence-electron chi connectivity index (χ4n) is 2.50. The SMILES string of the molecule is CCNC(c1ccccc1OC)c1c(Br)cnn1C(C)C. The van der Waals surface area contributed by atoms with Crippen molar-refractivity contribution in [1.82, 2.24) is 15.1 Å². The van der Waals surface area contributed by atoms with Crippen molar-refractivity contribution in [2.24, 2.45) is 0 Å². The van der Waals surface area contributed by atoms with Crippen LogP contribution in [0.2, 0.25) is 0 Å². The number of methoxy groups -OCH3 is 1. The minimum absolute atomic E-state index is 0.0328. The van der Waals surface area contributed by atoms with Crippen LogP contribution in [0.15, 0.2) is 34.9 Å². The van der Waals surface area contributed by atoms with Crippen LogP contribution in [0.5, 0.6) is 5.75 Å². The number of hydrogen-bond acceptors (Lipinski definition) is 3. The number of hydrogen-bond donors (Lipinski definition) is 1. The van der Waals surface area contributed by atoms with Crippen LogP contribution in [0.3, 0.4) is 0 Å². The second kappa shape index (κ2) is 7.09. The lowest BCUT2D eigenvalue weighted by Gasteiger charge is -2.23. The maximum Gasteiger partial charge on any atom is 0.124 e. The Balaban J connectivity index is 2.56. The molecule has 0 saturated carbocycles. The summed E-state index contributed by atoms with van der Waals surface area (Å²) in [4.78, 5) is 0. The Hall–Kier alpha value is -1.33. The van der Waals surface area contributed by atoms with Crippen LogP contribution in [0.25, 0.3) is 0 Å². The van der Waals surface area contributed by atoms with Crippen molar-refractivity contribution in [3.8, 4) is 5.75 Å². The van der Waals surface area contributed by atoms with Crippen molar-refractivity contribution < 1.29 is 4.74 Å². The molecule has 5 heteroatoms. The number of rotatable bonds is 6. The van der Waals surface area contributed by atoms with Gasteiger partial charge < -0.3 is 10.1 Å². The molecule has 1 atom stereocenters. The largest absolute Gasteiger partial charge is 0.496 e. The molecule has 1 heterocycles. The van der Waals surface area contributed by atoms with E-state index < -0.39 is 0 Å². The minimum atomic E-state index is 0.0328. The topological polar surface area (TPSA) is 39.1 Å². The van der Waals surface area contributed by atoms with Crippen molar-refractivity contribution in [3.05, 3.63) is 46.2 Å². The van der Waals surface area contributed by atoms with Crippen LogP contribution < -0.4 is 10.1 Å². The summed E-state index contributed by atoms with van der Waals surface area (Å²) in [5.41, 5.74) is 2.24. The number of halogens is 1. The van der Waals surface area contributed by atoms with E-state index in [0.717, 1.165) is 28.0 Å². The molecule has 0 aliphatic carbocycles. The summed E-state index contributed by atoms with van der Waals surface area (Å²) in [5, 5.41) is 8.03. The van der Waals surface area contributed by atoms with Gasteiger partial charge in [-0.15, -0.1) is 0 Å². The average molecular weight is 352 g/mol. The highest BCUT2D eigenvalue weighted by molar-refractivity contribution is 9.10. The number of benzene rings is 1. The van der Waals surface area contributed by atoms with Gasteiger partial charge in [0, 0.05) is 11.6 Å². The summed E-state index contributed by atoms with van der Waals surface area (Å²) in [6.07, 6.45) is 1.86. The predicted octanol–water partition coefficient (Wildman–Crippen LogP) is 3.93. The van der Waals surface area contributed by atoms with E-state index >= 15 is 0 Å². The summed E-state index contributed by atoms with van der Waals surface area (Å²) >= 11 is 3.64. The Labute approximate surface area is 134 Å². The van der Waals surface area contributed by atoms with Gasteiger partial charge in [-0.3, -0.25) is 4.68 Å². The highest BCUT2D eigenvalue weighted by Gasteiger charge is 2.24. The maximum atomic E-state index is 5.53. The molecule has 0 fully saturated rings. The molecule has 2 rings (SSSR count). The third kappa shape index (κ3) is 3.30. The third-order valence-electron chi connectivity index (χ3n) is 3.41. The summed E-state index contributed by atoms with van der Waals surface area (Å²) in [5.74, 6) is 0.881. The first kappa shape index (κ1) is 16.0. The smallest absolute Gasteiger partial charge is 0.124 e. The summed E-state index contributed by atoms with van der Waals surface area (Å²) in [7, 11) is 1.70. The molecule has 0 spiro atoms. The van der Waals surface area contributed by atoms with Gasteiger partial charge in [-0.05, 0) is 42.4 Å². The van der Waals surface area contributed by atoms with Crippen LogP contribution >= 0.6 is 15.9 Å². The zero-order valence-corrected chi connectivity index (χ0v) is 14.5. The van der Waals surface area contributed by atoms with Gasteiger partial charge >= 0.3 is 0 Å². The highest BCUT2D eigenvalue weighted by Crippen LogP contribution is 2.34. The standard InChI is InChI=1S/C16H22BrN3O/c1-5-18-15(12-8-6-7-9-14(12)21-4)16-13(17)10-19-20(16)11(2)3/h6-11,15,18H,5H2,1-4H3. The average Bonchev–Trinajstić information content (AvgIpc) is 2.86. The Kier molecular flexibility index (Phi) is 5.42. The fraction of sp³-hybridized carbons (Fsp3) is 0.438. The highest BCUT2D eigenvalue weighted by atomic mass is 79.9. The third-order valence-corrected chi connectivity index (χ3v) is 4.02. The van der Waals surface area contributed by atoms with E-state index in [-0.39, 0.29) is 6.04 Å². The molecule has 21 heavy (non-hydrogen) atoms. The van der Waals surface area contributed by atoms with E-state index in [4.69, 9.17) is 4.74 Å². The fourth-order valence-corrected chi connectivity index (χ4v) is 3.00. The molecular weight excluding hydrogens is 330 g/mol. The van der Waals surface area contributed by atoms with Crippen molar-refractivity contribution in [2.75, 3.05) is 13.7 Å². The molecule has 2 aromatic rings. The molecule has 4 nitrogen and oxygen atoms in total. The van der Waals surface area contributed by atoms with Crippen LogP contribution in [0, 0.1) is 0 Å². The van der Waals surface area contributed by atoms with Crippen LogP contribution in [-0.4, -0.2) is 23.4 Å². The number of para-hydroxylation sites is 1. The number of aromatic nitrogens is 2. The lowest BCUT2D eigenvalue weighted by Crippen LogP contribution is -2.26. The Morgan fingerprint density at radius 3 is 2.67 bits per heavy atom. The van der Waals surface area contributed by atoms with Gasteiger partial charge in [-0.25, -0.2) is 0 Å². The molecule has 0 bridgehead atoms. The first-order valence-electron chi connectivity index (χ1n) is 7.19. The van der Waals surface area contributed by atoms with E-state index in [0.29, 0.717) is 6.04 Å². The van der Waals surface area contributed by atoms with Gasteiger partial charge in [0.25, 0.3) is 0 Å². The lowest BCUT2D eigenvalue weighted by atomic mass is 10.0. The Bertz CT molecular complexity index is 595. The molecule has 0 aliphatic heterocycles. The second-order valence-electron chi connectivity index (χ2n) is 5.15. The van der Waals surface area contributed by atoms with Crippen molar-refractivity contribution in [2.45, 2.75) is 32.9 Å². The molecule has 114 valence electrons. The molecule has 1 aromatic heterocycles. The van der Waals surface area contributed by atoms with Crippen molar-refractivity contribution >= 4 is 15.9 Å². The first-order valence-corrected chi connectivity index (χ1v) is 7.98. The van der Waals surface area contributed by atoms with E-state index in [1.54, 1.807) is 7.11 Å². The van der Waals surface area contributed by atoms with E-state index in [1.807, 2.05) is 29.1 Å². The van der Waals surface area contributed by atoms with E-state index in [9.17, 15) is 0 Å². The van der Waals surface area contributed by atoms with Gasteiger partial charge in [0.1, 0.15) is 5.75 Å². The summed E-state index contributed by atoms with van der Waals surface area (Å²) in [6, 6.07) is 8.43. The Morgan fingerprint density at radius 2 is 2.05 bits per heavy atom. The van der Waals surface area contributed by atoms with Crippen LogP contribution in [0.1, 0.15) is 44.1 Å². The van der Waals surface area contributed by atoms with Crippen LogP contribution in [0.4, 0.5) is 0 Å². The molecule has 0 radical (unpaired) electrons. The van der Waals surface area contributed by atoms with Gasteiger partial charge in [-0.1, -0.05) is 25.1 Å². The molecule has 1 N–H and O–H groups in total. The van der Waals surface area contributed by atoms with E-state index in [2.05, 4.69) is 53.2 Å². The van der Waals surface area contributed by atoms with Crippen LogP contribution in [-0.2, 0) is 0 Å². The Morgan fingerprint density at radius 1 is 1.33 bits per heavy atom. The second-order valence-corrected chi connectivity index (χ2v) is 6.00. The zero-order chi connectivity index (χ0) is 15.4. The van der Waals surface area contributed by atoms with Crippen molar-refractivity contribution in [3.63, 3.8) is 0 Å². The molecular formula is C16H22BrN3O. The first-order chi connectivity index (χ1) is 10.1. The monoisotopic (exact) mass is 351 g/mol. The molecule has 0 saturated heterocycles. The van der Waals surface area contributed by atoms with Gasteiger partial charge in [-0.2, -0.15) is 5.10 Å². The molecule has 1 aromatic carbocycles. The maximum absolute atomic E-state index is 5.53. The molecule has 0 amide bonds. The predicted molar refractivity (Wildman–Crippen MR) is 88.8 cm³/mol. The minimum Gasteiger partial charge on any atom is -0.496 e. The summed E-state index contributed by atoms with van der Waals surface area (Å²) in [6.45, 7) is 7.23. The van der Waals surface area contributed by atoms with E-state index in [1.165, 1.54) is 0 Å². The lowest BCUT2D eigenvalue weighted by molar-refractivity contribution is 0.400. The zero-order valence-electron chi connectivity index (χ0n) is 12.9. The number of ether oxygens (including phenoxy) is 1. The number of nitrogens with zero attached hydrogens (tertiary/aromatic N) is 2. The van der Waals surface area contributed by atoms with Gasteiger partial charge in [0.05, 0.1) is 29.5 Å². The van der Waals surface area contributed by atoms with Crippen molar-refractivity contribution in [1.29, 1.82) is 0 Å². The quantitative estimate of drug-likeness (QED) is 0.856. The molecule has 1 unspecified atom stereocenters. The van der Waals surface area contributed by atoms with Gasteiger partial charge in [0.15, 0.2) is 0 Å². The molecule has 0 aliphatic rings. The summed E-state index contributed by atoms with van der Waals surface area (Å²) < 4.78 is 8.58. The number of nitrogens with one attached hydrogen (secondary N) is 1.